The first kappa shape index (κ1) is 12.0. The number of hydrogen-bond donors (Lipinski definition) is 0. The Morgan fingerprint density at radius 2 is 1.71 bits per heavy atom. The maximum Gasteiger partial charge on any atom is 0.0533 e. The van der Waals surface area contributed by atoms with Gasteiger partial charge in [0.2, 0.25) is 0 Å². The van der Waals surface area contributed by atoms with E-state index in [1.807, 2.05) is 0 Å². The molecule has 1 atom stereocenters. The van der Waals surface area contributed by atoms with Gasteiger partial charge in [-0.3, -0.25) is 0 Å². The molecule has 1 unspecified atom stereocenters. The summed E-state index contributed by atoms with van der Waals surface area (Å²) in [5, 5.41) is 0. The Balaban J connectivity index is 3.05. The van der Waals surface area contributed by atoms with Crippen molar-refractivity contribution in [2.24, 2.45) is 16.2 Å². The molecule has 0 aliphatic carbocycles. The second-order valence-electron chi connectivity index (χ2n) is 6.37. The van der Waals surface area contributed by atoms with Crippen LogP contribution in [0.15, 0.2) is 0 Å². The molecule has 0 spiro atoms. The van der Waals surface area contributed by atoms with Gasteiger partial charge < -0.3 is 4.74 Å². The molecule has 1 rings (SSSR count). The molecule has 0 bridgehead atoms. The van der Waals surface area contributed by atoms with E-state index in [1.54, 1.807) is 0 Å². The molecule has 0 aromatic rings. The Labute approximate surface area is 89.2 Å². The van der Waals surface area contributed by atoms with Crippen LogP contribution in [-0.4, -0.2) is 13.2 Å². The SMILES string of the molecule is CCC(C)(C)C1(C(C)(C)C)CCOC1. The van der Waals surface area contributed by atoms with Gasteiger partial charge in [0.05, 0.1) is 6.61 Å². The zero-order chi connectivity index (χ0) is 11.0. The van der Waals surface area contributed by atoms with Crippen molar-refractivity contribution < 1.29 is 4.74 Å². The third-order valence-corrected chi connectivity index (χ3v) is 4.64. The second kappa shape index (κ2) is 3.52. The van der Waals surface area contributed by atoms with E-state index in [-0.39, 0.29) is 0 Å². The fourth-order valence-electron chi connectivity index (χ4n) is 3.04. The summed E-state index contributed by atoms with van der Waals surface area (Å²) in [5.74, 6) is 0. The summed E-state index contributed by atoms with van der Waals surface area (Å²) in [6, 6.07) is 0. The van der Waals surface area contributed by atoms with Crippen LogP contribution in [-0.2, 0) is 4.74 Å². The predicted octanol–water partition coefficient (Wildman–Crippen LogP) is 3.88. The van der Waals surface area contributed by atoms with Gasteiger partial charge in [0.15, 0.2) is 0 Å². The van der Waals surface area contributed by atoms with E-state index < -0.39 is 0 Å². The first-order chi connectivity index (χ1) is 6.27. The average molecular weight is 198 g/mol. The second-order valence-corrected chi connectivity index (χ2v) is 6.37. The molecular formula is C13H26O. The van der Waals surface area contributed by atoms with E-state index in [9.17, 15) is 0 Å². The lowest BCUT2D eigenvalue weighted by atomic mass is 9.52. The maximum absolute atomic E-state index is 5.68. The van der Waals surface area contributed by atoms with Crippen LogP contribution in [0.3, 0.4) is 0 Å². The molecule has 1 heteroatoms. The van der Waals surface area contributed by atoms with Crippen molar-refractivity contribution in [1.29, 1.82) is 0 Å². The molecule has 1 saturated heterocycles. The van der Waals surface area contributed by atoms with Crippen molar-refractivity contribution in [3.63, 3.8) is 0 Å². The lowest BCUT2D eigenvalue weighted by Gasteiger charge is -2.52. The van der Waals surface area contributed by atoms with Crippen LogP contribution in [0.25, 0.3) is 0 Å². The van der Waals surface area contributed by atoms with E-state index in [0.29, 0.717) is 16.2 Å². The van der Waals surface area contributed by atoms with Crippen LogP contribution in [0.2, 0.25) is 0 Å². The fourth-order valence-corrected chi connectivity index (χ4v) is 3.04. The first-order valence-electron chi connectivity index (χ1n) is 5.85. The highest BCUT2D eigenvalue weighted by atomic mass is 16.5. The van der Waals surface area contributed by atoms with Gasteiger partial charge in [0.25, 0.3) is 0 Å². The molecule has 0 radical (unpaired) electrons. The van der Waals surface area contributed by atoms with Gasteiger partial charge in [-0.15, -0.1) is 0 Å². The normalized spacial score (nSPS) is 29.6. The quantitative estimate of drug-likeness (QED) is 0.654. The molecule has 1 nitrogen and oxygen atoms in total. The van der Waals surface area contributed by atoms with E-state index in [1.165, 1.54) is 12.8 Å². The van der Waals surface area contributed by atoms with Gasteiger partial charge in [-0.1, -0.05) is 48.0 Å². The van der Waals surface area contributed by atoms with Crippen LogP contribution < -0.4 is 0 Å². The van der Waals surface area contributed by atoms with E-state index in [4.69, 9.17) is 4.74 Å². The lowest BCUT2D eigenvalue weighted by Crippen LogP contribution is -2.48. The third kappa shape index (κ3) is 1.60. The Morgan fingerprint density at radius 3 is 2.00 bits per heavy atom. The van der Waals surface area contributed by atoms with Gasteiger partial charge in [0.1, 0.15) is 0 Å². The number of rotatable bonds is 2. The van der Waals surface area contributed by atoms with Gasteiger partial charge in [-0.25, -0.2) is 0 Å². The molecule has 0 aromatic carbocycles. The summed E-state index contributed by atoms with van der Waals surface area (Å²) < 4.78 is 5.68. The Morgan fingerprint density at radius 1 is 1.14 bits per heavy atom. The van der Waals surface area contributed by atoms with Crippen LogP contribution in [0.1, 0.15) is 54.4 Å². The van der Waals surface area contributed by atoms with Gasteiger partial charge in [-0.2, -0.15) is 0 Å². The topological polar surface area (TPSA) is 9.23 Å². The Hall–Kier alpha value is -0.0400. The standard InChI is InChI=1S/C13H26O/c1-7-12(5,6)13(11(2,3)4)8-9-14-10-13/h7-10H2,1-6H3. The molecule has 84 valence electrons. The fraction of sp³-hybridized carbons (Fsp3) is 1.00. The highest BCUT2D eigenvalue weighted by Crippen LogP contribution is 2.57. The minimum absolute atomic E-state index is 0.336. The molecule has 0 N–H and O–H groups in total. The third-order valence-electron chi connectivity index (χ3n) is 4.64. The molecular weight excluding hydrogens is 172 g/mol. The van der Waals surface area contributed by atoms with Crippen molar-refractivity contribution in [1.82, 2.24) is 0 Å². The molecule has 1 aliphatic heterocycles. The molecule has 14 heavy (non-hydrogen) atoms. The largest absolute Gasteiger partial charge is 0.381 e. The van der Waals surface area contributed by atoms with Gasteiger partial charge in [0, 0.05) is 12.0 Å². The van der Waals surface area contributed by atoms with Crippen molar-refractivity contribution in [2.45, 2.75) is 54.4 Å². The molecule has 0 saturated carbocycles. The van der Waals surface area contributed by atoms with Crippen molar-refractivity contribution in [3.05, 3.63) is 0 Å². The number of hydrogen-bond acceptors (Lipinski definition) is 1. The van der Waals surface area contributed by atoms with E-state index in [2.05, 4.69) is 41.5 Å². The van der Waals surface area contributed by atoms with Crippen molar-refractivity contribution in [3.8, 4) is 0 Å². The van der Waals surface area contributed by atoms with E-state index >= 15 is 0 Å². The molecule has 1 fully saturated rings. The minimum atomic E-state index is 0.336. The Kier molecular flexibility index (Phi) is 3.02. The predicted molar refractivity (Wildman–Crippen MR) is 61.4 cm³/mol. The van der Waals surface area contributed by atoms with Crippen LogP contribution in [0.5, 0.6) is 0 Å². The maximum atomic E-state index is 5.68. The van der Waals surface area contributed by atoms with E-state index in [0.717, 1.165) is 13.2 Å². The summed E-state index contributed by atoms with van der Waals surface area (Å²) >= 11 is 0. The number of ether oxygens (including phenoxy) is 1. The zero-order valence-corrected chi connectivity index (χ0v) is 10.7. The average Bonchev–Trinajstić information content (AvgIpc) is 2.52. The monoisotopic (exact) mass is 198 g/mol. The van der Waals surface area contributed by atoms with Crippen molar-refractivity contribution >= 4 is 0 Å². The molecule has 0 amide bonds. The summed E-state index contributed by atoms with van der Waals surface area (Å²) in [4.78, 5) is 0. The van der Waals surface area contributed by atoms with Crippen molar-refractivity contribution in [2.75, 3.05) is 13.2 Å². The minimum Gasteiger partial charge on any atom is -0.381 e. The first-order valence-corrected chi connectivity index (χ1v) is 5.85. The zero-order valence-electron chi connectivity index (χ0n) is 10.7. The van der Waals surface area contributed by atoms with Gasteiger partial charge >= 0.3 is 0 Å². The van der Waals surface area contributed by atoms with Crippen LogP contribution in [0, 0.1) is 16.2 Å². The highest BCUT2D eigenvalue weighted by molar-refractivity contribution is 5.01. The summed E-state index contributed by atoms with van der Waals surface area (Å²) in [6.45, 7) is 16.1. The lowest BCUT2D eigenvalue weighted by molar-refractivity contribution is -0.0501. The van der Waals surface area contributed by atoms with Gasteiger partial charge in [-0.05, 0) is 17.3 Å². The molecule has 1 heterocycles. The van der Waals surface area contributed by atoms with Crippen LogP contribution >= 0.6 is 0 Å². The van der Waals surface area contributed by atoms with Crippen LogP contribution in [0.4, 0.5) is 0 Å². The molecule has 0 aromatic heterocycles. The summed E-state index contributed by atoms with van der Waals surface area (Å²) in [7, 11) is 0. The molecule has 1 aliphatic rings. The Bertz CT molecular complexity index is 192. The highest BCUT2D eigenvalue weighted by Gasteiger charge is 2.53. The summed E-state index contributed by atoms with van der Waals surface area (Å²) in [6.07, 6.45) is 2.45. The summed E-state index contributed by atoms with van der Waals surface area (Å²) in [5.41, 5.74) is 1.07. The smallest absolute Gasteiger partial charge is 0.0533 e.